The number of nitrogens with zero attached hydrogens (tertiary/aromatic N) is 1. The van der Waals surface area contributed by atoms with Gasteiger partial charge in [0.25, 0.3) is 0 Å². The summed E-state index contributed by atoms with van der Waals surface area (Å²) < 4.78 is 0. The van der Waals surface area contributed by atoms with Crippen molar-refractivity contribution in [2.24, 2.45) is 0 Å². The zero-order valence-electron chi connectivity index (χ0n) is 11.5. The molecule has 0 spiro atoms. The van der Waals surface area contributed by atoms with Gasteiger partial charge in [0.1, 0.15) is 0 Å². The van der Waals surface area contributed by atoms with Gasteiger partial charge >= 0.3 is 0 Å². The van der Waals surface area contributed by atoms with Crippen molar-refractivity contribution in [3.63, 3.8) is 0 Å². The Labute approximate surface area is 110 Å². The standard InChI is InChI=1S/C16H24N2/c1-16(17-2)10-14-8-9-15(11-16)18(14)12-13-6-4-3-5-7-13/h3-7,14-15,17H,8-12H2,1-2H3. The summed E-state index contributed by atoms with van der Waals surface area (Å²) in [5, 5.41) is 3.54. The van der Waals surface area contributed by atoms with E-state index in [1.165, 1.54) is 31.2 Å². The van der Waals surface area contributed by atoms with Crippen molar-refractivity contribution >= 4 is 0 Å². The van der Waals surface area contributed by atoms with Gasteiger partial charge in [0, 0.05) is 24.2 Å². The highest BCUT2D eigenvalue weighted by atomic mass is 15.2. The third-order valence-electron chi connectivity index (χ3n) is 4.95. The first-order valence-corrected chi connectivity index (χ1v) is 7.19. The lowest BCUT2D eigenvalue weighted by Crippen LogP contribution is -2.54. The van der Waals surface area contributed by atoms with Crippen LogP contribution in [-0.4, -0.2) is 29.6 Å². The van der Waals surface area contributed by atoms with E-state index in [1.54, 1.807) is 0 Å². The van der Waals surface area contributed by atoms with Gasteiger partial charge in [-0.15, -0.1) is 0 Å². The van der Waals surface area contributed by atoms with E-state index in [2.05, 4.69) is 54.5 Å². The first kappa shape index (κ1) is 12.2. The Morgan fingerprint density at radius 2 is 1.78 bits per heavy atom. The number of fused-ring (bicyclic) bond motifs is 2. The van der Waals surface area contributed by atoms with Gasteiger partial charge in [-0.2, -0.15) is 0 Å². The SMILES string of the molecule is CNC1(C)CC2CCC(C1)N2Cc1ccccc1. The van der Waals surface area contributed by atoms with Crippen LogP contribution >= 0.6 is 0 Å². The summed E-state index contributed by atoms with van der Waals surface area (Å²) in [6, 6.07) is 12.5. The van der Waals surface area contributed by atoms with Gasteiger partial charge in [0.2, 0.25) is 0 Å². The molecule has 2 unspecified atom stereocenters. The van der Waals surface area contributed by atoms with Crippen LogP contribution in [0.4, 0.5) is 0 Å². The van der Waals surface area contributed by atoms with Crippen molar-refractivity contribution in [2.75, 3.05) is 7.05 Å². The Morgan fingerprint density at radius 1 is 1.17 bits per heavy atom. The lowest BCUT2D eigenvalue weighted by atomic mass is 9.84. The van der Waals surface area contributed by atoms with Crippen LogP contribution in [0.3, 0.4) is 0 Å². The second-order valence-electron chi connectivity index (χ2n) is 6.26. The Bertz CT molecular complexity index is 387. The van der Waals surface area contributed by atoms with Crippen LogP contribution in [0.15, 0.2) is 30.3 Å². The lowest BCUT2D eigenvalue weighted by molar-refractivity contribution is 0.0739. The number of piperidine rings is 1. The molecule has 0 saturated carbocycles. The van der Waals surface area contributed by atoms with Crippen molar-refractivity contribution < 1.29 is 0 Å². The summed E-state index contributed by atoms with van der Waals surface area (Å²) in [5.74, 6) is 0. The number of nitrogens with one attached hydrogen (secondary N) is 1. The number of hydrogen-bond acceptors (Lipinski definition) is 2. The first-order valence-electron chi connectivity index (χ1n) is 7.19. The highest BCUT2D eigenvalue weighted by molar-refractivity contribution is 5.16. The van der Waals surface area contributed by atoms with Gasteiger partial charge in [-0.3, -0.25) is 4.90 Å². The summed E-state index contributed by atoms with van der Waals surface area (Å²) in [6.07, 6.45) is 5.36. The second kappa shape index (κ2) is 4.67. The van der Waals surface area contributed by atoms with E-state index in [0.29, 0.717) is 5.54 Å². The molecule has 0 amide bonds. The molecule has 2 fully saturated rings. The van der Waals surface area contributed by atoms with Crippen molar-refractivity contribution in [3.05, 3.63) is 35.9 Å². The zero-order valence-corrected chi connectivity index (χ0v) is 11.5. The van der Waals surface area contributed by atoms with E-state index in [9.17, 15) is 0 Å². The molecular weight excluding hydrogens is 220 g/mol. The molecule has 2 aliphatic rings. The molecule has 0 aromatic heterocycles. The minimum Gasteiger partial charge on any atom is -0.314 e. The maximum atomic E-state index is 3.54. The van der Waals surface area contributed by atoms with E-state index < -0.39 is 0 Å². The fourth-order valence-corrected chi connectivity index (χ4v) is 3.83. The molecule has 98 valence electrons. The smallest absolute Gasteiger partial charge is 0.0239 e. The van der Waals surface area contributed by atoms with Crippen LogP contribution in [-0.2, 0) is 6.54 Å². The summed E-state index contributed by atoms with van der Waals surface area (Å²) in [5.41, 5.74) is 1.82. The van der Waals surface area contributed by atoms with Gasteiger partial charge in [-0.25, -0.2) is 0 Å². The average Bonchev–Trinajstić information content (AvgIpc) is 2.64. The maximum Gasteiger partial charge on any atom is 0.0239 e. The largest absolute Gasteiger partial charge is 0.314 e. The van der Waals surface area contributed by atoms with Crippen molar-refractivity contribution in [3.8, 4) is 0 Å². The molecular formula is C16H24N2. The van der Waals surface area contributed by atoms with Crippen LogP contribution in [0.1, 0.15) is 38.2 Å². The molecule has 2 bridgehead atoms. The van der Waals surface area contributed by atoms with E-state index in [0.717, 1.165) is 18.6 Å². The van der Waals surface area contributed by atoms with Gasteiger partial charge in [0.05, 0.1) is 0 Å². The molecule has 1 aromatic carbocycles. The van der Waals surface area contributed by atoms with E-state index >= 15 is 0 Å². The number of rotatable bonds is 3. The van der Waals surface area contributed by atoms with Gasteiger partial charge in [0.15, 0.2) is 0 Å². The molecule has 0 radical (unpaired) electrons. The molecule has 2 heteroatoms. The van der Waals surface area contributed by atoms with Crippen molar-refractivity contribution in [1.82, 2.24) is 10.2 Å². The summed E-state index contributed by atoms with van der Waals surface area (Å²) in [4.78, 5) is 2.74. The molecule has 2 nitrogen and oxygen atoms in total. The minimum absolute atomic E-state index is 0.360. The Morgan fingerprint density at radius 3 is 2.33 bits per heavy atom. The fraction of sp³-hybridized carbons (Fsp3) is 0.625. The first-order chi connectivity index (χ1) is 8.70. The maximum absolute atomic E-state index is 3.54. The molecule has 2 atom stereocenters. The third kappa shape index (κ3) is 2.19. The predicted molar refractivity (Wildman–Crippen MR) is 75.5 cm³/mol. The predicted octanol–water partition coefficient (Wildman–Crippen LogP) is 2.79. The van der Waals surface area contributed by atoms with Gasteiger partial charge < -0.3 is 5.32 Å². The van der Waals surface area contributed by atoms with Crippen molar-refractivity contribution in [1.29, 1.82) is 0 Å². The summed E-state index contributed by atoms with van der Waals surface area (Å²) in [7, 11) is 2.12. The van der Waals surface area contributed by atoms with Crippen LogP contribution in [0.5, 0.6) is 0 Å². The Kier molecular flexibility index (Phi) is 3.16. The van der Waals surface area contributed by atoms with Crippen LogP contribution in [0.2, 0.25) is 0 Å². The molecule has 1 aromatic rings. The molecule has 0 aliphatic carbocycles. The minimum atomic E-state index is 0.360. The zero-order chi connectivity index (χ0) is 12.6. The van der Waals surface area contributed by atoms with Crippen molar-refractivity contribution in [2.45, 2.75) is 56.8 Å². The quantitative estimate of drug-likeness (QED) is 0.879. The monoisotopic (exact) mass is 244 g/mol. The van der Waals surface area contributed by atoms with E-state index in [4.69, 9.17) is 0 Å². The average molecular weight is 244 g/mol. The number of hydrogen-bond donors (Lipinski definition) is 1. The fourth-order valence-electron chi connectivity index (χ4n) is 3.83. The molecule has 1 N–H and O–H groups in total. The molecule has 2 heterocycles. The molecule has 2 aliphatic heterocycles. The van der Waals surface area contributed by atoms with E-state index in [-0.39, 0.29) is 0 Å². The summed E-state index contributed by atoms with van der Waals surface area (Å²) >= 11 is 0. The molecule has 2 saturated heterocycles. The third-order valence-corrected chi connectivity index (χ3v) is 4.95. The second-order valence-corrected chi connectivity index (χ2v) is 6.26. The normalized spacial score (nSPS) is 35.9. The highest BCUT2D eigenvalue weighted by Gasteiger charge is 2.45. The Balaban J connectivity index is 1.73. The van der Waals surface area contributed by atoms with Crippen LogP contribution < -0.4 is 5.32 Å². The Hall–Kier alpha value is -0.860. The van der Waals surface area contributed by atoms with E-state index in [1.807, 2.05) is 0 Å². The van der Waals surface area contributed by atoms with Gasteiger partial charge in [-0.1, -0.05) is 30.3 Å². The molecule has 18 heavy (non-hydrogen) atoms. The van der Waals surface area contributed by atoms with Crippen LogP contribution in [0, 0.1) is 0 Å². The highest BCUT2D eigenvalue weighted by Crippen LogP contribution is 2.41. The number of benzene rings is 1. The van der Waals surface area contributed by atoms with Crippen LogP contribution in [0.25, 0.3) is 0 Å². The topological polar surface area (TPSA) is 15.3 Å². The lowest BCUT2D eigenvalue weighted by Gasteiger charge is -2.45. The van der Waals surface area contributed by atoms with Gasteiger partial charge in [-0.05, 0) is 45.2 Å². The molecule has 3 rings (SSSR count). The summed E-state index contributed by atoms with van der Waals surface area (Å²) in [6.45, 7) is 3.52.